The van der Waals surface area contributed by atoms with E-state index in [0.717, 1.165) is 41.2 Å². The van der Waals surface area contributed by atoms with Gasteiger partial charge in [0.1, 0.15) is 5.82 Å². The zero-order valence-electron chi connectivity index (χ0n) is 18.6. The van der Waals surface area contributed by atoms with Crippen molar-refractivity contribution < 1.29 is 13.2 Å². The van der Waals surface area contributed by atoms with Gasteiger partial charge in [-0.05, 0) is 57.6 Å². The van der Waals surface area contributed by atoms with Crippen LogP contribution in [0.5, 0.6) is 0 Å². The SMILES string of the molecule is Cc1cc(C)c(S(=O)(=O)N2CCC(C(=O)NCc3cn4c(n3)CCCC4)CC2)c(C)c1. The second-order valence-corrected chi connectivity index (χ2v) is 10.8. The van der Waals surface area contributed by atoms with Gasteiger partial charge in [0.05, 0.1) is 17.1 Å². The maximum atomic E-state index is 13.2. The van der Waals surface area contributed by atoms with E-state index in [9.17, 15) is 13.2 Å². The molecule has 1 N–H and O–H groups in total. The molecule has 0 unspecified atom stereocenters. The van der Waals surface area contributed by atoms with Gasteiger partial charge in [-0.1, -0.05) is 17.7 Å². The zero-order chi connectivity index (χ0) is 22.2. The highest BCUT2D eigenvalue weighted by Gasteiger charge is 2.33. The summed E-state index contributed by atoms with van der Waals surface area (Å²) in [4.78, 5) is 17.7. The highest BCUT2D eigenvalue weighted by Crippen LogP contribution is 2.29. The van der Waals surface area contributed by atoms with Gasteiger partial charge in [-0.2, -0.15) is 4.31 Å². The summed E-state index contributed by atoms with van der Waals surface area (Å²) in [6, 6.07) is 3.82. The molecule has 1 aromatic carbocycles. The molecule has 31 heavy (non-hydrogen) atoms. The Morgan fingerprint density at radius 1 is 1.10 bits per heavy atom. The lowest BCUT2D eigenvalue weighted by Gasteiger charge is -2.31. The van der Waals surface area contributed by atoms with E-state index in [-0.39, 0.29) is 11.8 Å². The molecule has 1 fully saturated rings. The molecule has 0 aliphatic carbocycles. The lowest BCUT2D eigenvalue weighted by molar-refractivity contribution is -0.126. The van der Waals surface area contributed by atoms with E-state index >= 15 is 0 Å². The molecule has 1 amide bonds. The molecule has 1 aromatic heterocycles. The molecule has 2 aliphatic rings. The Hall–Kier alpha value is -2.19. The number of rotatable bonds is 5. The van der Waals surface area contributed by atoms with Crippen LogP contribution in [0.2, 0.25) is 0 Å². The number of fused-ring (bicyclic) bond motifs is 1. The molecule has 0 atom stereocenters. The van der Waals surface area contributed by atoms with Crippen LogP contribution >= 0.6 is 0 Å². The average molecular weight is 445 g/mol. The predicted molar refractivity (Wildman–Crippen MR) is 119 cm³/mol. The fourth-order valence-electron chi connectivity index (χ4n) is 4.94. The molecule has 0 spiro atoms. The lowest BCUT2D eigenvalue weighted by Crippen LogP contribution is -2.43. The minimum atomic E-state index is -3.56. The van der Waals surface area contributed by atoms with E-state index < -0.39 is 10.0 Å². The van der Waals surface area contributed by atoms with Crippen molar-refractivity contribution in [3.63, 3.8) is 0 Å². The molecule has 8 heteroatoms. The number of imidazole rings is 1. The topological polar surface area (TPSA) is 84.3 Å². The normalized spacial score (nSPS) is 18.0. The fraction of sp³-hybridized carbons (Fsp3) is 0.565. The molecule has 2 aliphatic heterocycles. The molecule has 0 radical (unpaired) electrons. The Morgan fingerprint density at radius 3 is 2.42 bits per heavy atom. The summed E-state index contributed by atoms with van der Waals surface area (Å²) in [5.41, 5.74) is 3.51. The molecular formula is C23H32N4O3S. The summed E-state index contributed by atoms with van der Waals surface area (Å²) < 4.78 is 30.2. The minimum absolute atomic E-state index is 0.00860. The number of nitrogens with one attached hydrogen (secondary N) is 1. The van der Waals surface area contributed by atoms with Crippen molar-refractivity contribution in [3.8, 4) is 0 Å². The second-order valence-electron chi connectivity index (χ2n) is 8.92. The van der Waals surface area contributed by atoms with Crippen LogP contribution in [-0.4, -0.2) is 41.3 Å². The fourth-order valence-corrected chi connectivity index (χ4v) is 6.82. The van der Waals surface area contributed by atoms with Gasteiger partial charge >= 0.3 is 0 Å². The number of carbonyl (C=O) groups excluding carboxylic acids is 1. The minimum Gasteiger partial charge on any atom is -0.350 e. The van der Waals surface area contributed by atoms with Crippen molar-refractivity contribution in [2.24, 2.45) is 5.92 Å². The molecule has 0 saturated carbocycles. The van der Waals surface area contributed by atoms with E-state index in [1.54, 1.807) is 0 Å². The standard InChI is InChI=1S/C23H32N4O3S/c1-16-12-17(2)22(18(3)13-16)31(29,30)27-10-7-19(8-11-27)23(28)24-14-20-15-26-9-5-4-6-21(26)25-20/h12-13,15,19H,4-11,14H2,1-3H3,(H,24,28). The monoisotopic (exact) mass is 444 g/mol. The molecule has 4 rings (SSSR count). The van der Waals surface area contributed by atoms with Crippen LogP contribution in [0.3, 0.4) is 0 Å². The average Bonchev–Trinajstić information content (AvgIpc) is 3.14. The van der Waals surface area contributed by atoms with E-state index in [1.807, 2.05) is 39.1 Å². The maximum absolute atomic E-state index is 13.2. The summed E-state index contributed by atoms with van der Waals surface area (Å²) in [5.74, 6) is 0.935. The van der Waals surface area contributed by atoms with Crippen LogP contribution in [-0.2, 0) is 34.3 Å². The number of piperidine rings is 1. The van der Waals surface area contributed by atoms with E-state index in [4.69, 9.17) is 0 Å². The molecule has 1 saturated heterocycles. The van der Waals surface area contributed by atoms with Gasteiger partial charge in [0.2, 0.25) is 15.9 Å². The number of benzene rings is 1. The molecule has 168 valence electrons. The van der Waals surface area contributed by atoms with Crippen molar-refractivity contribution in [1.82, 2.24) is 19.2 Å². The first-order valence-electron chi connectivity index (χ1n) is 11.2. The summed E-state index contributed by atoms with van der Waals surface area (Å²) >= 11 is 0. The Kier molecular flexibility index (Phi) is 6.21. The zero-order valence-corrected chi connectivity index (χ0v) is 19.5. The summed E-state index contributed by atoms with van der Waals surface area (Å²) in [6.45, 7) is 7.83. The number of amides is 1. The third-order valence-electron chi connectivity index (χ3n) is 6.43. The molecular weight excluding hydrogens is 412 g/mol. The van der Waals surface area contributed by atoms with Gasteiger partial charge in [-0.25, -0.2) is 13.4 Å². The van der Waals surface area contributed by atoms with Crippen LogP contribution < -0.4 is 5.32 Å². The highest BCUT2D eigenvalue weighted by atomic mass is 32.2. The number of hydrogen-bond acceptors (Lipinski definition) is 4. The quantitative estimate of drug-likeness (QED) is 0.769. The Balaban J connectivity index is 1.35. The Labute approximate surface area is 184 Å². The van der Waals surface area contributed by atoms with Crippen molar-refractivity contribution in [2.75, 3.05) is 13.1 Å². The van der Waals surface area contributed by atoms with Crippen LogP contribution in [0.1, 0.15) is 53.9 Å². The van der Waals surface area contributed by atoms with Crippen LogP contribution in [0, 0.1) is 26.7 Å². The summed E-state index contributed by atoms with van der Waals surface area (Å²) in [7, 11) is -3.56. The third kappa shape index (κ3) is 4.55. The van der Waals surface area contributed by atoms with Gasteiger partial charge in [-0.3, -0.25) is 4.79 Å². The Bertz CT molecular complexity index is 1040. The number of aromatic nitrogens is 2. The summed E-state index contributed by atoms with van der Waals surface area (Å²) in [6.07, 6.45) is 6.46. The molecule has 7 nitrogen and oxygen atoms in total. The van der Waals surface area contributed by atoms with Gasteiger partial charge in [0.25, 0.3) is 0 Å². The van der Waals surface area contributed by atoms with Crippen molar-refractivity contribution in [1.29, 1.82) is 0 Å². The van der Waals surface area contributed by atoms with Gasteiger partial charge in [0.15, 0.2) is 0 Å². The number of aryl methyl sites for hydroxylation is 5. The molecule has 0 bridgehead atoms. The molecule has 3 heterocycles. The number of sulfonamides is 1. The van der Waals surface area contributed by atoms with Crippen molar-refractivity contribution in [2.45, 2.75) is 70.9 Å². The highest BCUT2D eigenvalue weighted by molar-refractivity contribution is 7.89. The van der Waals surface area contributed by atoms with Crippen LogP contribution in [0.15, 0.2) is 23.2 Å². The van der Waals surface area contributed by atoms with Gasteiger partial charge in [-0.15, -0.1) is 0 Å². The first-order valence-corrected chi connectivity index (χ1v) is 12.6. The largest absolute Gasteiger partial charge is 0.350 e. The number of nitrogens with zero attached hydrogens (tertiary/aromatic N) is 3. The number of carbonyl (C=O) groups is 1. The van der Waals surface area contributed by atoms with Crippen LogP contribution in [0.4, 0.5) is 0 Å². The third-order valence-corrected chi connectivity index (χ3v) is 8.63. The Morgan fingerprint density at radius 2 is 1.77 bits per heavy atom. The molecule has 2 aromatic rings. The van der Waals surface area contributed by atoms with Crippen molar-refractivity contribution in [3.05, 3.63) is 46.5 Å². The lowest BCUT2D eigenvalue weighted by atomic mass is 9.97. The first-order chi connectivity index (χ1) is 14.8. The maximum Gasteiger partial charge on any atom is 0.243 e. The summed E-state index contributed by atoms with van der Waals surface area (Å²) in [5, 5.41) is 3.00. The van der Waals surface area contributed by atoms with E-state index in [0.29, 0.717) is 37.4 Å². The predicted octanol–water partition coefficient (Wildman–Crippen LogP) is 2.86. The second kappa shape index (κ2) is 8.74. The van der Waals surface area contributed by atoms with Gasteiger partial charge in [0, 0.05) is 38.2 Å². The van der Waals surface area contributed by atoms with E-state index in [2.05, 4.69) is 14.9 Å². The van der Waals surface area contributed by atoms with Crippen molar-refractivity contribution >= 4 is 15.9 Å². The number of hydrogen-bond donors (Lipinski definition) is 1. The first kappa shape index (κ1) is 22.0. The van der Waals surface area contributed by atoms with E-state index in [1.165, 1.54) is 17.1 Å². The van der Waals surface area contributed by atoms with Crippen LogP contribution in [0.25, 0.3) is 0 Å². The smallest absolute Gasteiger partial charge is 0.243 e. The van der Waals surface area contributed by atoms with Gasteiger partial charge < -0.3 is 9.88 Å².